The third-order valence-electron chi connectivity index (χ3n) is 3.24. The maximum Gasteiger partial charge on any atom is 0.310 e. The Labute approximate surface area is 107 Å². The van der Waals surface area contributed by atoms with Gasteiger partial charge in [-0.25, -0.2) is 0 Å². The Bertz CT molecular complexity index is 283. The van der Waals surface area contributed by atoms with Crippen LogP contribution in [0.25, 0.3) is 0 Å². The van der Waals surface area contributed by atoms with Crippen molar-refractivity contribution in [2.24, 2.45) is 11.8 Å². The summed E-state index contributed by atoms with van der Waals surface area (Å²) in [7, 11) is 1.39. The predicted octanol–water partition coefficient (Wildman–Crippen LogP) is 1.66. The lowest BCUT2D eigenvalue weighted by molar-refractivity contribution is -0.146. The monoisotopic (exact) mass is 261 g/mol. The molecule has 17 heavy (non-hydrogen) atoms. The number of nitrogens with zero attached hydrogens (tertiary/aromatic N) is 1. The number of halogens is 1. The van der Waals surface area contributed by atoms with Gasteiger partial charge in [-0.3, -0.25) is 9.59 Å². The first-order chi connectivity index (χ1) is 8.10. The van der Waals surface area contributed by atoms with Crippen LogP contribution in [0.5, 0.6) is 0 Å². The molecule has 5 heteroatoms. The molecule has 0 N–H and O–H groups in total. The zero-order chi connectivity index (χ0) is 12.8. The van der Waals surface area contributed by atoms with Crippen LogP contribution in [0, 0.1) is 11.8 Å². The predicted molar refractivity (Wildman–Crippen MR) is 65.8 cm³/mol. The van der Waals surface area contributed by atoms with Crippen molar-refractivity contribution in [1.82, 2.24) is 4.90 Å². The first-order valence-corrected chi connectivity index (χ1v) is 6.55. The SMILES string of the molecule is COC(=O)C1CN(C(=O)CCCCCl)CC1C. The number of rotatable bonds is 5. The highest BCUT2D eigenvalue weighted by Crippen LogP contribution is 2.24. The number of carbonyl (C=O) groups excluding carboxylic acids is 2. The van der Waals surface area contributed by atoms with E-state index in [1.165, 1.54) is 7.11 Å². The molecule has 0 spiro atoms. The molecule has 1 heterocycles. The van der Waals surface area contributed by atoms with Crippen LogP contribution in [0.2, 0.25) is 0 Å². The van der Waals surface area contributed by atoms with E-state index in [9.17, 15) is 9.59 Å². The minimum Gasteiger partial charge on any atom is -0.469 e. The third kappa shape index (κ3) is 3.87. The van der Waals surface area contributed by atoms with Gasteiger partial charge in [0.15, 0.2) is 0 Å². The lowest BCUT2D eigenvalue weighted by Gasteiger charge is -2.15. The van der Waals surface area contributed by atoms with Gasteiger partial charge in [0.05, 0.1) is 13.0 Å². The lowest BCUT2D eigenvalue weighted by atomic mass is 9.99. The van der Waals surface area contributed by atoms with E-state index in [1.54, 1.807) is 4.90 Å². The maximum absolute atomic E-state index is 11.9. The van der Waals surface area contributed by atoms with Crippen LogP contribution in [0.3, 0.4) is 0 Å². The number of amides is 1. The molecule has 98 valence electrons. The molecule has 2 unspecified atom stereocenters. The van der Waals surface area contributed by atoms with E-state index in [4.69, 9.17) is 16.3 Å². The molecule has 1 amide bonds. The molecule has 0 radical (unpaired) electrons. The molecule has 0 aromatic heterocycles. The first-order valence-electron chi connectivity index (χ1n) is 6.01. The van der Waals surface area contributed by atoms with Gasteiger partial charge in [-0.05, 0) is 18.8 Å². The van der Waals surface area contributed by atoms with Crippen LogP contribution in [0.4, 0.5) is 0 Å². The Kier molecular flexibility index (Phi) is 5.75. The second-order valence-electron chi connectivity index (χ2n) is 4.55. The molecule has 1 aliphatic heterocycles. The number of esters is 1. The van der Waals surface area contributed by atoms with Crippen molar-refractivity contribution < 1.29 is 14.3 Å². The number of alkyl halides is 1. The average molecular weight is 262 g/mol. The minimum atomic E-state index is -0.214. The zero-order valence-electron chi connectivity index (χ0n) is 10.4. The van der Waals surface area contributed by atoms with E-state index in [1.807, 2.05) is 6.92 Å². The standard InChI is InChI=1S/C12H20ClNO3/c1-9-7-14(8-10(9)12(16)17-2)11(15)5-3-4-6-13/h9-10H,3-8H2,1-2H3. The molecule has 0 aliphatic carbocycles. The number of hydrogen-bond donors (Lipinski definition) is 0. The molecule has 1 aliphatic rings. The molecule has 0 aromatic carbocycles. The van der Waals surface area contributed by atoms with Gasteiger partial charge in [0, 0.05) is 25.4 Å². The Morgan fingerprint density at radius 1 is 1.35 bits per heavy atom. The molecular formula is C12H20ClNO3. The van der Waals surface area contributed by atoms with Gasteiger partial charge in [0.25, 0.3) is 0 Å². The van der Waals surface area contributed by atoms with Crippen LogP contribution in [0.1, 0.15) is 26.2 Å². The van der Waals surface area contributed by atoms with Crippen LogP contribution < -0.4 is 0 Å². The quantitative estimate of drug-likeness (QED) is 0.430. The fourth-order valence-corrected chi connectivity index (χ4v) is 2.35. The van der Waals surface area contributed by atoms with Crippen molar-refractivity contribution in [2.45, 2.75) is 26.2 Å². The van der Waals surface area contributed by atoms with Crippen LogP contribution in [0.15, 0.2) is 0 Å². The van der Waals surface area contributed by atoms with Gasteiger partial charge in [0.1, 0.15) is 0 Å². The highest BCUT2D eigenvalue weighted by molar-refractivity contribution is 6.17. The van der Waals surface area contributed by atoms with Crippen molar-refractivity contribution in [2.75, 3.05) is 26.1 Å². The van der Waals surface area contributed by atoms with Gasteiger partial charge in [-0.15, -0.1) is 11.6 Å². The molecule has 1 saturated heterocycles. The van der Waals surface area contributed by atoms with Crippen molar-refractivity contribution >= 4 is 23.5 Å². The van der Waals surface area contributed by atoms with Crippen molar-refractivity contribution in [1.29, 1.82) is 0 Å². The Hall–Kier alpha value is -0.770. The second kappa shape index (κ2) is 6.84. The van der Waals surface area contributed by atoms with E-state index in [-0.39, 0.29) is 23.7 Å². The van der Waals surface area contributed by atoms with Crippen LogP contribution >= 0.6 is 11.6 Å². The van der Waals surface area contributed by atoms with Crippen LogP contribution in [-0.4, -0.2) is 42.9 Å². The molecule has 1 fully saturated rings. The second-order valence-corrected chi connectivity index (χ2v) is 4.93. The lowest BCUT2D eigenvalue weighted by Crippen LogP contribution is -2.30. The molecule has 1 rings (SSSR count). The Morgan fingerprint density at radius 3 is 2.65 bits per heavy atom. The highest BCUT2D eigenvalue weighted by atomic mass is 35.5. The summed E-state index contributed by atoms with van der Waals surface area (Å²) in [6.07, 6.45) is 2.19. The number of ether oxygens (including phenoxy) is 1. The molecule has 0 aromatic rings. The smallest absolute Gasteiger partial charge is 0.310 e. The summed E-state index contributed by atoms with van der Waals surface area (Å²) in [5.41, 5.74) is 0. The number of carbonyl (C=O) groups is 2. The van der Waals surface area contributed by atoms with Gasteiger partial charge < -0.3 is 9.64 Å². The topological polar surface area (TPSA) is 46.6 Å². The van der Waals surface area contributed by atoms with E-state index in [2.05, 4.69) is 0 Å². The average Bonchev–Trinajstić information content (AvgIpc) is 2.70. The highest BCUT2D eigenvalue weighted by Gasteiger charge is 2.37. The van der Waals surface area contributed by atoms with Gasteiger partial charge in [-0.2, -0.15) is 0 Å². The third-order valence-corrected chi connectivity index (χ3v) is 3.51. The summed E-state index contributed by atoms with van der Waals surface area (Å²) in [5.74, 6) is 0.507. The van der Waals surface area contributed by atoms with E-state index >= 15 is 0 Å². The normalized spacial score (nSPS) is 23.8. The number of unbranched alkanes of at least 4 members (excludes halogenated alkanes) is 1. The number of methoxy groups -OCH3 is 1. The zero-order valence-corrected chi connectivity index (χ0v) is 11.2. The minimum absolute atomic E-state index is 0.119. The Balaban J connectivity index is 2.42. The summed E-state index contributed by atoms with van der Waals surface area (Å²) in [6, 6.07) is 0. The fraction of sp³-hybridized carbons (Fsp3) is 0.833. The van der Waals surface area contributed by atoms with E-state index < -0.39 is 0 Å². The van der Waals surface area contributed by atoms with Crippen LogP contribution in [-0.2, 0) is 14.3 Å². The van der Waals surface area contributed by atoms with E-state index in [0.717, 1.165) is 12.8 Å². The molecule has 4 nitrogen and oxygen atoms in total. The summed E-state index contributed by atoms with van der Waals surface area (Å²) < 4.78 is 4.74. The van der Waals surface area contributed by atoms with Crippen molar-refractivity contribution in [3.8, 4) is 0 Å². The van der Waals surface area contributed by atoms with Gasteiger partial charge in [-0.1, -0.05) is 6.92 Å². The summed E-state index contributed by atoms with van der Waals surface area (Å²) in [6.45, 7) is 3.13. The molecule has 2 atom stereocenters. The van der Waals surface area contributed by atoms with Gasteiger partial charge >= 0.3 is 5.97 Å². The summed E-state index contributed by atoms with van der Waals surface area (Å²) >= 11 is 5.57. The number of likely N-dealkylation sites (tertiary alicyclic amines) is 1. The summed E-state index contributed by atoms with van der Waals surface area (Å²) in [5, 5.41) is 0. The fourth-order valence-electron chi connectivity index (χ4n) is 2.16. The van der Waals surface area contributed by atoms with Crippen molar-refractivity contribution in [3.05, 3.63) is 0 Å². The molecular weight excluding hydrogens is 242 g/mol. The largest absolute Gasteiger partial charge is 0.469 e. The number of hydrogen-bond acceptors (Lipinski definition) is 3. The molecule has 0 saturated carbocycles. The van der Waals surface area contributed by atoms with Gasteiger partial charge in [0.2, 0.25) is 5.91 Å². The maximum atomic E-state index is 11.9. The van der Waals surface area contributed by atoms with Crippen molar-refractivity contribution in [3.63, 3.8) is 0 Å². The molecule has 0 bridgehead atoms. The first kappa shape index (κ1) is 14.3. The summed E-state index contributed by atoms with van der Waals surface area (Å²) in [4.78, 5) is 25.1. The Morgan fingerprint density at radius 2 is 2.06 bits per heavy atom. The van der Waals surface area contributed by atoms with E-state index in [0.29, 0.717) is 25.4 Å².